The van der Waals surface area contributed by atoms with Crippen molar-refractivity contribution in [3.05, 3.63) is 6.92 Å². The molecule has 0 N–H and O–H groups in total. The zero-order valence-electron chi connectivity index (χ0n) is 6.32. The molecular weight excluding hydrogens is 103 g/mol. The fraction of sp³-hybridized carbons (Fsp3) is 0.625. The molecule has 0 fully saturated rings. The van der Waals surface area contributed by atoms with E-state index in [0.29, 0.717) is 0 Å². The van der Waals surface area contributed by atoms with Crippen LogP contribution >= 0.6 is 0 Å². The summed E-state index contributed by atoms with van der Waals surface area (Å²) in [4.78, 5) is 0. The minimum Gasteiger partial charge on any atom is -0.343 e. The topological polar surface area (TPSA) is 0 Å². The van der Waals surface area contributed by atoms with E-state index in [1.54, 1.807) is 0 Å². The Morgan fingerprint density at radius 2 is 1.89 bits per heavy atom. The fourth-order valence-corrected chi connectivity index (χ4v) is 0.581. The van der Waals surface area contributed by atoms with E-state index in [2.05, 4.69) is 12.8 Å². The van der Waals surface area contributed by atoms with Crippen molar-refractivity contribution >= 4 is 0 Å². The van der Waals surface area contributed by atoms with Crippen LogP contribution in [0, 0.1) is 19.3 Å². The maximum absolute atomic E-state index is 5.05. The van der Waals surface area contributed by atoms with Crippen molar-refractivity contribution in [2.75, 3.05) is 0 Å². The first kappa shape index (κ1) is 11.9. The van der Waals surface area contributed by atoms with Crippen LogP contribution in [0.4, 0.5) is 0 Å². The van der Waals surface area contributed by atoms with Crippen LogP contribution in [-0.2, 0) is 0 Å². The normalized spacial score (nSPS) is 7.56. The van der Waals surface area contributed by atoms with Gasteiger partial charge in [-0.15, -0.1) is 12.3 Å². The van der Waals surface area contributed by atoms with Gasteiger partial charge in [0.15, 0.2) is 0 Å². The van der Waals surface area contributed by atoms with Crippen molar-refractivity contribution in [3.63, 3.8) is 0 Å². The molecule has 0 aromatic carbocycles. The van der Waals surface area contributed by atoms with Gasteiger partial charge in [0.05, 0.1) is 0 Å². The molecular formula is C8H13Li. The molecule has 0 bridgehead atoms. The van der Waals surface area contributed by atoms with Crippen molar-refractivity contribution < 1.29 is 18.9 Å². The molecule has 46 valence electrons. The van der Waals surface area contributed by atoms with Crippen molar-refractivity contribution in [1.82, 2.24) is 0 Å². The van der Waals surface area contributed by atoms with E-state index in [4.69, 9.17) is 6.42 Å². The summed E-state index contributed by atoms with van der Waals surface area (Å²) in [6, 6.07) is 0. The van der Waals surface area contributed by atoms with Crippen molar-refractivity contribution in [2.45, 2.75) is 32.1 Å². The Kier molecular flexibility index (Phi) is 14.6. The second-order valence-electron chi connectivity index (χ2n) is 1.87. The summed E-state index contributed by atoms with van der Waals surface area (Å²) in [5.41, 5.74) is 0. The quantitative estimate of drug-likeness (QED) is 0.199. The van der Waals surface area contributed by atoms with E-state index in [0.717, 1.165) is 12.8 Å². The Bertz CT molecular complexity index is 71.1. The van der Waals surface area contributed by atoms with Gasteiger partial charge in [-0.3, -0.25) is 0 Å². The van der Waals surface area contributed by atoms with Crippen LogP contribution in [0.25, 0.3) is 0 Å². The molecule has 0 aromatic heterocycles. The SMILES string of the molecule is C#CCCCCC[CH2-].[Li+]. The monoisotopic (exact) mass is 116 g/mol. The molecule has 1 heteroatoms. The fourth-order valence-electron chi connectivity index (χ4n) is 0.581. The second kappa shape index (κ2) is 11.0. The molecule has 9 heavy (non-hydrogen) atoms. The summed E-state index contributed by atoms with van der Waals surface area (Å²) in [5.74, 6) is 2.61. The molecule has 0 unspecified atom stereocenters. The Labute approximate surface area is 70.6 Å². The van der Waals surface area contributed by atoms with Gasteiger partial charge in [0.1, 0.15) is 0 Å². The van der Waals surface area contributed by atoms with E-state index in [1.165, 1.54) is 19.3 Å². The smallest absolute Gasteiger partial charge is 0.343 e. The van der Waals surface area contributed by atoms with Gasteiger partial charge in [-0.25, -0.2) is 0 Å². The van der Waals surface area contributed by atoms with Gasteiger partial charge in [-0.05, 0) is 6.42 Å². The number of hydrogen-bond donors (Lipinski definition) is 0. The third-order valence-corrected chi connectivity index (χ3v) is 1.07. The van der Waals surface area contributed by atoms with Gasteiger partial charge in [-0.1, -0.05) is 12.8 Å². The average Bonchev–Trinajstić information content (AvgIpc) is 1.81. The molecule has 0 amide bonds. The average molecular weight is 116 g/mol. The molecule has 0 aliphatic carbocycles. The summed E-state index contributed by atoms with van der Waals surface area (Å²) in [7, 11) is 0. The van der Waals surface area contributed by atoms with Gasteiger partial charge in [0.25, 0.3) is 0 Å². The molecule has 0 aromatic rings. The Hall–Kier alpha value is 0.157. The third-order valence-electron chi connectivity index (χ3n) is 1.07. The summed E-state index contributed by atoms with van der Waals surface area (Å²) in [6.45, 7) is 3.73. The first-order valence-corrected chi connectivity index (χ1v) is 3.14. The molecule has 0 aliphatic heterocycles. The Morgan fingerprint density at radius 3 is 2.33 bits per heavy atom. The number of hydrogen-bond acceptors (Lipinski definition) is 0. The van der Waals surface area contributed by atoms with Crippen molar-refractivity contribution in [3.8, 4) is 12.3 Å². The number of terminal acetylenes is 1. The number of unbranched alkanes of at least 4 members (excludes halogenated alkanes) is 4. The summed E-state index contributed by atoms with van der Waals surface area (Å²) in [5, 5.41) is 0. The van der Waals surface area contributed by atoms with E-state index in [1.807, 2.05) is 0 Å². The van der Waals surface area contributed by atoms with Gasteiger partial charge < -0.3 is 6.92 Å². The molecule has 0 nitrogen and oxygen atoms in total. The minimum atomic E-state index is 0. The van der Waals surface area contributed by atoms with Crippen LogP contribution in [0.2, 0.25) is 0 Å². The molecule has 0 atom stereocenters. The van der Waals surface area contributed by atoms with Crippen LogP contribution in [0.1, 0.15) is 32.1 Å². The third kappa shape index (κ3) is 11.6. The van der Waals surface area contributed by atoms with Crippen molar-refractivity contribution in [1.29, 1.82) is 0 Å². The maximum atomic E-state index is 5.05. The van der Waals surface area contributed by atoms with Crippen LogP contribution in [0.3, 0.4) is 0 Å². The summed E-state index contributed by atoms with van der Waals surface area (Å²) < 4.78 is 0. The largest absolute Gasteiger partial charge is 1.00 e. The predicted octanol–water partition coefficient (Wildman–Crippen LogP) is -0.592. The molecule has 0 aliphatic rings. The maximum Gasteiger partial charge on any atom is 1.00 e. The van der Waals surface area contributed by atoms with E-state index in [9.17, 15) is 0 Å². The zero-order valence-corrected chi connectivity index (χ0v) is 6.32. The first-order valence-electron chi connectivity index (χ1n) is 3.14. The minimum absolute atomic E-state index is 0. The van der Waals surface area contributed by atoms with Crippen molar-refractivity contribution in [2.24, 2.45) is 0 Å². The van der Waals surface area contributed by atoms with Crippen LogP contribution in [0.5, 0.6) is 0 Å². The second-order valence-corrected chi connectivity index (χ2v) is 1.87. The standard InChI is InChI=1S/C8H13.Li/c1-3-5-7-8-6-4-2;/h1H,2,4-8H2;/q-1;+1. The van der Waals surface area contributed by atoms with Crippen LogP contribution in [0.15, 0.2) is 0 Å². The number of rotatable bonds is 4. The molecule has 0 heterocycles. The van der Waals surface area contributed by atoms with E-state index < -0.39 is 0 Å². The molecule has 0 saturated carbocycles. The zero-order chi connectivity index (χ0) is 6.24. The summed E-state index contributed by atoms with van der Waals surface area (Å²) in [6.07, 6.45) is 10.7. The molecule has 0 radical (unpaired) electrons. The Balaban J connectivity index is 0. The van der Waals surface area contributed by atoms with Gasteiger partial charge >= 0.3 is 18.9 Å². The van der Waals surface area contributed by atoms with Crippen LogP contribution < -0.4 is 18.9 Å². The molecule has 0 saturated heterocycles. The first-order chi connectivity index (χ1) is 3.91. The van der Waals surface area contributed by atoms with E-state index in [-0.39, 0.29) is 18.9 Å². The van der Waals surface area contributed by atoms with Gasteiger partial charge in [0.2, 0.25) is 0 Å². The summed E-state index contributed by atoms with van der Waals surface area (Å²) >= 11 is 0. The van der Waals surface area contributed by atoms with Crippen LogP contribution in [-0.4, -0.2) is 0 Å². The molecule has 0 spiro atoms. The van der Waals surface area contributed by atoms with E-state index >= 15 is 0 Å². The molecule has 0 rings (SSSR count). The van der Waals surface area contributed by atoms with Gasteiger partial charge in [0, 0.05) is 6.42 Å². The Morgan fingerprint density at radius 1 is 1.22 bits per heavy atom. The predicted molar refractivity (Wildman–Crippen MR) is 37.3 cm³/mol. The van der Waals surface area contributed by atoms with Gasteiger partial charge in [-0.2, -0.15) is 6.42 Å².